The van der Waals surface area contributed by atoms with Gasteiger partial charge in [-0.2, -0.15) is 30.6 Å². The number of benzene rings is 12. The van der Waals surface area contributed by atoms with Crippen LogP contribution in [0.5, 0.6) is 34.5 Å². The van der Waals surface area contributed by atoms with Gasteiger partial charge in [-0.15, -0.1) is 0 Å². The van der Waals surface area contributed by atoms with E-state index in [-0.39, 0.29) is 183 Å². The Morgan fingerprint density at radius 1 is 0.308 bits per heavy atom. The fourth-order valence-corrected chi connectivity index (χ4v) is 18.4. The molecule has 0 radical (unpaired) electrons. The molecule has 0 heterocycles. The fourth-order valence-electron chi connectivity index (χ4n) is 12.0. The molecular weight excluding hydrogens is 2340 g/mol. The van der Waals surface area contributed by atoms with Crippen molar-refractivity contribution in [3.63, 3.8) is 0 Å². The van der Waals surface area contributed by atoms with E-state index >= 15 is 0 Å². The third-order valence-electron chi connectivity index (χ3n) is 18.9. The van der Waals surface area contributed by atoms with E-state index in [1.165, 1.54) is 36.7 Å². The van der Waals surface area contributed by atoms with Gasteiger partial charge in [0.25, 0.3) is 35.4 Å². The average Bonchev–Trinajstić information content (AvgIpc) is 0.792. The third-order valence-corrected chi connectivity index (χ3v) is 27.8. The van der Waals surface area contributed by atoms with E-state index in [9.17, 15) is 98.3 Å². The standard InChI is InChI=1S/C29H24Br2N4O9S2.C29H24Br2N4O6S.C28H20Br4N4O6.3Na/c1-16-24(30)12-21(27(36)26(16)31)15-33-35-29(38)23(11-17-6-7-18-4-2-3-5-19(18)10-17)28(37)34-32-14-20-8-9-22(45(39,40)41)13-25(20)46(42,43)44;1-17-25(30)14-22(27(36)26(17)31)16-33-35-29(38)24(13-18-9-10-20-6-2-3-7-21(20)11-18)28(37)34-32-15-19-5-4-8-23(12-19)42(39,40)41;29-19-9-16(23(37)21(31)25(19)39)11-33-35-27(41)18(8-13-5-6-14-3-1-2-4-15(14)7-13)28(42)36-34-12-17-10-20(30)26(40)22(32)24(17)38;;;/h2-10,12-15,23,36H,11H2,1H3,(H,34,37)(H,35,38)(H,39,40,41)(H,42,43,44);2-12,14-16,24,36H,13H2,1H3,(H,34,37)(H,35,38)(H,39,40,41);1-7,9-12,18,37-40H,8H2,(H,35,41)(H,36,42);;;/q;;;3*+1/p-3/b32-14+,33-15+;32-15+,33-16+;33-11+,34-12+;;;. The van der Waals surface area contributed by atoms with E-state index in [0.717, 1.165) is 92.6 Å². The minimum absolute atomic E-state index is 0. The van der Waals surface area contributed by atoms with Crippen LogP contribution in [0.1, 0.15) is 61.2 Å². The predicted molar refractivity (Wildman–Crippen MR) is 511 cm³/mol. The van der Waals surface area contributed by atoms with Gasteiger partial charge in [-0.3, -0.25) is 28.8 Å². The Labute approximate surface area is 893 Å². The largest absolute Gasteiger partial charge is 1.00 e. The molecule has 12 rings (SSSR count). The maximum Gasteiger partial charge on any atom is 1.00 e. The molecule has 0 saturated heterocycles. The van der Waals surface area contributed by atoms with Crippen molar-refractivity contribution in [3.8, 4) is 34.5 Å². The van der Waals surface area contributed by atoms with E-state index in [1.54, 1.807) is 38.1 Å². The number of aromatic hydroxyl groups is 6. The summed E-state index contributed by atoms with van der Waals surface area (Å²) in [5.74, 6) is -9.95. The number of nitrogens with zero attached hydrogens (tertiary/aromatic N) is 6. The van der Waals surface area contributed by atoms with Crippen molar-refractivity contribution in [2.45, 2.75) is 47.8 Å². The summed E-state index contributed by atoms with van der Waals surface area (Å²) in [7, 11) is -15.0. The van der Waals surface area contributed by atoms with Gasteiger partial charge < -0.3 is 44.3 Å². The summed E-state index contributed by atoms with van der Waals surface area (Å²) in [4.78, 5) is 76.7. The van der Waals surface area contributed by atoms with E-state index in [1.807, 2.05) is 115 Å². The molecule has 12 N–H and O–H groups in total. The summed E-state index contributed by atoms with van der Waals surface area (Å²) in [6.45, 7) is 3.57. The van der Waals surface area contributed by atoms with Gasteiger partial charge in [-0.1, -0.05) is 177 Å². The van der Waals surface area contributed by atoms with Crippen molar-refractivity contribution in [2.24, 2.45) is 48.4 Å². The SMILES string of the molecule is Cc1c(Br)cc(/C=N/NC(=O)C(Cc2ccc3ccccc3c2)C(=O)N/N=C/c2ccc(S(=O)(=O)[O-])cc2S(=O)(=O)[O-])c(O)c1Br.Cc1c(Br)cc(/C=N/NC(=O)C(Cc2ccc3ccccc3c2)C(=O)N/N=C/c2cccc(S(=O)(=O)[O-])c2)c(O)c1Br.O=C(N/N=C/c1cc(Br)c(O)c(Br)c1O)C(Cc1ccc2ccccc2c1)C(=O)N/N=C/c1cc(Br)c(O)c(Br)c1O.[Na+].[Na+].[Na+]. The van der Waals surface area contributed by atoms with Gasteiger partial charge in [-0.05, 0) is 243 Å². The smallest absolute Gasteiger partial charge is 0.744 e. The van der Waals surface area contributed by atoms with E-state index in [2.05, 4.69) is 191 Å². The Morgan fingerprint density at radius 3 is 0.895 bits per heavy atom. The van der Waals surface area contributed by atoms with Crippen LogP contribution < -0.4 is 121 Å². The van der Waals surface area contributed by atoms with Crippen molar-refractivity contribution in [1.29, 1.82) is 0 Å². The van der Waals surface area contributed by atoms with Gasteiger partial charge in [-0.25, -0.2) is 57.8 Å². The Balaban J connectivity index is 0.000000270. The van der Waals surface area contributed by atoms with E-state index in [4.69, 9.17) is 0 Å². The van der Waals surface area contributed by atoms with Gasteiger partial charge in [0, 0.05) is 36.8 Å². The molecule has 6 amide bonds. The third kappa shape index (κ3) is 30.6. The monoisotopic (exact) mass is 2400 g/mol. The number of phenols is 6. The van der Waals surface area contributed by atoms with Crippen LogP contribution in [0.2, 0.25) is 0 Å². The molecule has 12 aromatic rings. The Morgan fingerprint density at radius 2 is 0.586 bits per heavy atom. The second-order valence-electron chi connectivity index (χ2n) is 27.7. The van der Waals surface area contributed by atoms with Crippen molar-refractivity contribution >= 4 is 263 Å². The Kier molecular flexibility index (Phi) is 42.5. The summed E-state index contributed by atoms with van der Waals surface area (Å²) in [5, 5.41) is 89.9. The summed E-state index contributed by atoms with van der Waals surface area (Å²) < 4.78 is 106. The van der Waals surface area contributed by atoms with Gasteiger partial charge in [0.1, 0.15) is 91.6 Å². The van der Waals surface area contributed by atoms with Gasteiger partial charge in [0.2, 0.25) is 0 Å². The van der Waals surface area contributed by atoms with E-state index < -0.39 is 104 Å². The number of fused-ring (bicyclic) bond motifs is 3. The molecule has 0 aliphatic carbocycles. The summed E-state index contributed by atoms with van der Waals surface area (Å²) in [6, 6.07) is 52.5. The number of hydrazone groups is 6. The number of nitrogens with one attached hydrogen (secondary N) is 6. The quantitative estimate of drug-likeness (QED) is 0.00983. The molecule has 0 bridgehead atoms. The van der Waals surface area contributed by atoms with Crippen LogP contribution in [0.4, 0.5) is 0 Å². The van der Waals surface area contributed by atoms with Crippen LogP contribution >= 0.6 is 127 Å². The molecule has 0 fully saturated rings. The van der Waals surface area contributed by atoms with Crippen molar-refractivity contribution < 1.29 is 187 Å². The minimum atomic E-state index is -5.26. The van der Waals surface area contributed by atoms with Crippen LogP contribution in [0.3, 0.4) is 0 Å². The maximum atomic E-state index is 13.2. The zero-order valence-electron chi connectivity index (χ0n) is 69.5. The normalized spacial score (nSPS) is 12.1. The molecule has 2 atom stereocenters. The molecule has 12 aromatic carbocycles. The molecule has 672 valence electrons. The number of amides is 6. The first-order valence-corrected chi connectivity index (χ1v) is 47.7. The zero-order chi connectivity index (χ0) is 94.8. The van der Waals surface area contributed by atoms with E-state index in [0.29, 0.717) is 46.2 Å². The van der Waals surface area contributed by atoms with Crippen LogP contribution in [0.15, 0.2) is 275 Å². The molecule has 0 spiro atoms. The van der Waals surface area contributed by atoms with Crippen LogP contribution in [0.25, 0.3) is 32.3 Å². The number of phenolic OH excluding ortho intramolecular Hbond substituents is 6. The molecule has 2 unspecified atom stereocenters. The molecule has 47 heteroatoms. The molecule has 133 heavy (non-hydrogen) atoms. The molecular formula is C86H65Br8N12Na3O21S3. The first kappa shape index (κ1) is 112. The number of halogens is 8. The summed E-state index contributed by atoms with van der Waals surface area (Å²) >= 11 is 25.8. The molecule has 0 aromatic heterocycles. The number of rotatable bonds is 27. The van der Waals surface area contributed by atoms with Crippen molar-refractivity contribution in [3.05, 3.63) is 291 Å². The maximum absolute atomic E-state index is 13.2. The second kappa shape index (κ2) is 50.6. The second-order valence-corrected chi connectivity index (χ2v) is 38.4. The van der Waals surface area contributed by atoms with Gasteiger partial charge in [0.05, 0.1) is 69.9 Å². The fraction of sp³-hybridized carbons (Fsp3) is 0.0930. The topological polar surface area (TPSA) is 542 Å². The number of hydrogen-bond donors (Lipinski definition) is 12. The molecule has 33 nitrogen and oxygen atoms in total. The Bertz CT molecular complexity index is 6990. The minimum Gasteiger partial charge on any atom is -0.744 e. The number of carbonyl (C=O) groups is 6. The number of hydrogen-bond acceptors (Lipinski definition) is 27. The molecule has 0 aliphatic rings. The van der Waals surface area contributed by atoms with Gasteiger partial charge >= 0.3 is 88.7 Å². The first-order valence-electron chi connectivity index (χ1n) is 37.1. The zero-order valence-corrected chi connectivity index (χ0v) is 90.7. The average molecular weight is 2410 g/mol. The first-order chi connectivity index (χ1) is 61.5. The van der Waals surface area contributed by atoms with Gasteiger partial charge in [0.15, 0.2) is 0 Å². The molecule has 0 aliphatic heterocycles. The Hall–Kier alpha value is -8.37. The van der Waals surface area contributed by atoms with Crippen molar-refractivity contribution in [1.82, 2.24) is 32.6 Å². The van der Waals surface area contributed by atoms with Crippen LogP contribution in [0, 0.1) is 31.6 Å². The summed E-state index contributed by atoms with van der Waals surface area (Å²) in [5.41, 5.74) is 18.0. The summed E-state index contributed by atoms with van der Waals surface area (Å²) in [6.07, 6.45) is 6.58. The number of carbonyl (C=O) groups excluding carboxylic acids is 6. The van der Waals surface area contributed by atoms with Crippen LogP contribution in [-0.2, 0) is 78.4 Å². The molecule has 0 saturated carbocycles. The van der Waals surface area contributed by atoms with Crippen molar-refractivity contribution in [2.75, 3.05) is 0 Å². The van der Waals surface area contributed by atoms with Crippen LogP contribution in [-0.4, -0.2) is 142 Å². The predicted octanol–water partition coefficient (Wildman–Crippen LogP) is 5.57.